The summed E-state index contributed by atoms with van der Waals surface area (Å²) in [5, 5.41) is 14.0. The topological polar surface area (TPSA) is 48.7 Å². The number of nitrogens with zero attached hydrogens (tertiary/aromatic N) is 2. The first-order valence-corrected chi connectivity index (χ1v) is 6.35. The van der Waals surface area contributed by atoms with E-state index in [0.717, 1.165) is 24.0 Å². The van der Waals surface area contributed by atoms with Crippen molar-refractivity contribution in [2.45, 2.75) is 13.3 Å². The molecule has 0 bridgehead atoms. The van der Waals surface area contributed by atoms with Gasteiger partial charge in [-0.15, -0.1) is 0 Å². The van der Waals surface area contributed by atoms with E-state index in [0.29, 0.717) is 21.1 Å². The second-order valence-electron chi connectivity index (χ2n) is 3.84. The number of nitrogens with one attached hydrogen (secondary N) is 1. The van der Waals surface area contributed by atoms with Gasteiger partial charge in [-0.1, -0.05) is 30.1 Å². The molecule has 0 aliphatic carbocycles. The van der Waals surface area contributed by atoms with Crippen molar-refractivity contribution in [3.8, 4) is 6.07 Å². The minimum absolute atomic E-state index is 0.415. The monoisotopic (exact) mass is 279 g/mol. The number of rotatable bonds is 3. The van der Waals surface area contributed by atoms with Crippen molar-refractivity contribution >= 4 is 39.8 Å². The highest BCUT2D eigenvalue weighted by atomic mass is 35.5. The van der Waals surface area contributed by atoms with Crippen LogP contribution in [0.1, 0.15) is 18.9 Å². The molecule has 0 fully saturated rings. The summed E-state index contributed by atoms with van der Waals surface area (Å²) in [6.45, 7) is 2.85. The summed E-state index contributed by atoms with van der Waals surface area (Å²) >= 11 is 12.1. The van der Waals surface area contributed by atoms with Crippen LogP contribution in [0.25, 0.3) is 10.9 Å². The molecule has 2 rings (SSSR count). The van der Waals surface area contributed by atoms with Gasteiger partial charge in [0, 0.05) is 18.1 Å². The van der Waals surface area contributed by atoms with Crippen LogP contribution in [0.4, 0.5) is 5.69 Å². The van der Waals surface area contributed by atoms with Crippen LogP contribution >= 0.6 is 23.2 Å². The Morgan fingerprint density at radius 2 is 2.17 bits per heavy atom. The quantitative estimate of drug-likeness (QED) is 0.915. The zero-order valence-electron chi connectivity index (χ0n) is 9.80. The molecule has 0 radical (unpaired) electrons. The molecule has 18 heavy (non-hydrogen) atoms. The van der Waals surface area contributed by atoms with E-state index in [2.05, 4.69) is 23.3 Å². The average molecular weight is 280 g/mol. The molecule has 0 saturated carbocycles. The van der Waals surface area contributed by atoms with Crippen LogP contribution in [0.15, 0.2) is 18.3 Å². The molecule has 2 aromatic rings. The lowest BCUT2D eigenvalue weighted by atomic mass is 10.1. The van der Waals surface area contributed by atoms with Crippen molar-refractivity contribution in [1.29, 1.82) is 5.26 Å². The highest BCUT2D eigenvalue weighted by Gasteiger charge is 2.12. The first-order chi connectivity index (χ1) is 8.69. The Morgan fingerprint density at radius 1 is 1.39 bits per heavy atom. The van der Waals surface area contributed by atoms with Gasteiger partial charge in [0.2, 0.25) is 0 Å². The molecule has 0 spiro atoms. The molecular weight excluding hydrogens is 269 g/mol. The fourth-order valence-electron chi connectivity index (χ4n) is 1.73. The average Bonchev–Trinajstić information content (AvgIpc) is 2.40. The molecule has 3 nitrogen and oxygen atoms in total. The molecule has 0 saturated heterocycles. The smallest absolute Gasteiger partial charge is 0.103 e. The number of pyridine rings is 1. The second kappa shape index (κ2) is 5.43. The molecule has 0 aliphatic rings. The fraction of sp³-hybridized carbons (Fsp3) is 0.231. The lowest BCUT2D eigenvalue weighted by Gasteiger charge is -2.11. The van der Waals surface area contributed by atoms with E-state index in [9.17, 15) is 0 Å². The van der Waals surface area contributed by atoms with Crippen molar-refractivity contribution in [1.82, 2.24) is 4.98 Å². The first kappa shape index (κ1) is 12.9. The molecule has 0 aliphatic heterocycles. The molecule has 0 amide bonds. The van der Waals surface area contributed by atoms with E-state index in [1.807, 2.05) is 6.07 Å². The highest BCUT2D eigenvalue weighted by molar-refractivity contribution is 6.45. The Kier molecular flexibility index (Phi) is 3.90. The fourth-order valence-corrected chi connectivity index (χ4v) is 2.10. The molecule has 0 unspecified atom stereocenters. The van der Waals surface area contributed by atoms with Crippen molar-refractivity contribution in [2.75, 3.05) is 11.9 Å². The van der Waals surface area contributed by atoms with Gasteiger partial charge in [0.1, 0.15) is 6.07 Å². The van der Waals surface area contributed by atoms with Crippen molar-refractivity contribution in [2.24, 2.45) is 0 Å². The predicted molar refractivity (Wildman–Crippen MR) is 75.3 cm³/mol. The zero-order chi connectivity index (χ0) is 13.1. The Balaban J connectivity index is 2.70. The van der Waals surface area contributed by atoms with Crippen LogP contribution in [0.2, 0.25) is 10.0 Å². The van der Waals surface area contributed by atoms with Crippen LogP contribution in [0.5, 0.6) is 0 Å². The number of nitriles is 1. The van der Waals surface area contributed by atoms with Crippen molar-refractivity contribution in [3.63, 3.8) is 0 Å². The standard InChI is InChI=1S/C13H11Cl2N3/c1-2-5-17-12-8(6-16)7-18-13-9(12)3-4-10(14)11(13)15/h3-4,7H,2,5H2,1H3,(H,17,18). The molecule has 92 valence electrons. The van der Waals surface area contributed by atoms with Crippen LogP contribution in [-0.4, -0.2) is 11.5 Å². The van der Waals surface area contributed by atoms with E-state index in [4.69, 9.17) is 28.5 Å². The molecular formula is C13H11Cl2N3. The third-order valence-electron chi connectivity index (χ3n) is 2.60. The van der Waals surface area contributed by atoms with Crippen molar-refractivity contribution < 1.29 is 0 Å². The van der Waals surface area contributed by atoms with Gasteiger partial charge in [-0.3, -0.25) is 4.98 Å². The number of anilines is 1. The summed E-state index contributed by atoms with van der Waals surface area (Å²) in [5.74, 6) is 0. The largest absolute Gasteiger partial charge is 0.383 e. The maximum absolute atomic E-state index is 9.11. The Hall–Kier alpha value is -1.50. The molecule has 0 atom stereocenters. The lowest BCUT2D eigenvalue weighted by molar-refractivity contribution is 0.980. The van der Waals surface area contributed by atoms with E-state index < -0.39 is 0 Å². The van der Waals surface area contributed by atoms with Gasteiger partial charge < -0.3 is 5.32 Å². The Bertz CT molecular complexity index is 632. The van der Waals surface area contributed by atoms with Gasteiger partial charge in [-0.25, -0.2) is 0 Å². The summed E-state index contributed by atoms with van der Waals surface area (Å²) in [7, 11) is 0. The minimum atomic E-state index is 0.415. The highest BCUT2D eigenvalue weighted by Crippen LogP contribution is 2.34. The van der Waals surface area contributed by atoms with E-state index in [1.54, 1.807) is 6.07 Å². The van der Waals surface area contributed by atoms with Crippen LogP contribution in [-0.2, 0) is 0 Å². The number of halogens is 2. The third-order valence-corrected chi connectivity index (χ3v) is 3.40. The Morgan fingerprint density at radius 3 is 2.83 bits per heavy atom. The lowest BCUT2D eigenvalue weighted by Crippen LogP contribution is -2.03. The summed E-state index contributed by atoms with van der Waals surface area (Å²) in [6.07, 6.45) is 2.48. The van der Waals surface area contributed by atoms with E-state index in [1.165, 1.54) is 6.20 Å². The van der Waals surface area contributed by atoms with Crippen LogP contribution in [0, 0.1) is 11.3 Å². The van der Waals surface area contributed by atoms with Crippen LogP contribution in [0.3, 0.4) is 0 Å². The molecule has 5 heteroatoms. The van der Waals surface area contributed by atoms with Gasteiger partial charge in [0.05, 0.1) is 26.8 Å². The normalized spacial score (nSPS) is 10.3. The number of aromatic nitrogens is 1. The number of hydrogen-bond acceptors (Lipinski definition) is 3. The summed E-state index contributed by atoms with van der Waals surface area (Å²) in [4.78, 5) is 4.20. The number of benzene rings is 1. The molecule has 1 N–H and O–H groups in total. The van der Waals surface area contributed by atoms with E-state index in [-0.39, 0.29) is 0 Å². The van der Waals surface area contributed by atoms with Crippen LogP contribution < -0.4 is 5.32 Å². The molecule has 1 aromatic carbocycles. The Labute approximate surface area is 115 Å². The van der Waals surface area contributed by atoms with Gasteiger partial charge in [0.25, 0.3) is 0 Å². The van der Waals surface area contributed by atoms with Gasteiger partial charge in [-0.2, -0.15) is 5.26 Å². The summed E-state index contributed by atoms with van der Waals surface area (Å²) < 4.78 is 0. The van der Waals surface area contributed by atoms with E-state index >= 15 is 0 Å². The zero-order valence-corrected chi connectivity index (χ0v) is 11.3. The maximum Gasteiger partial charge on any atom is 0.103 e. The summed E-state index contributed by atoms with van der Waals surface area (Å²) in [6, 6.07) is 5.67. The number of fused-ring (bicyclic) bond motifs is 1. The van der Waals surface area contributed by atoms with Gasteiger partial charge in [0.15, 0.2) is 0 Å². The minimum Gasteiger partial charge on any atom is -0.383 e. The first-order valence-electron chi connectivity index (χ1n) is 5.59. The predicted octanol–water partition coefficient (Wildman–Crippen LogP) is 4.24. The SMILES string of the molecule is CCCNc1c(C#N)cnc2c(Cl)c(Cl)ccc12. The van der Waals surface area contributed by atoms with Gasteiger partial charge in [-0.05, 0) is 18.6 Å². The molecule has 1 aromatic heterocycles. The molecule has 1 heterocycles. The van der Waals surface area contributed by atoms with Gasteiger partial charge >= 0.3 is 0 Å². The second-order valence-corrected chi connectivity index (χ2v) is 4.63. The van der Waals surface area contributed by atoms with Crippen molar-refractivity contribution in [3.05, 3.63) is 33.9 Å². The number of hydrogen-bond donors (Lipinski definition) is 1. The third kappa shape index (κ3) is 2.22. The maximum atomic E-state index is 9.11. The summed E-state index contributed by atoms with van der Waals surface area (Å²) in [5.41, 5.74) is 1.89.